The first-order valence-electron chi connectivity index (χ1n) is 5.95. The van der Waals surface area contributed by atoms with Gasteiger partial charge in [-0.3, -0.25) is 0 Å². The summed E-state index contributed by atoms with van der Waals surface area (Å²) in [4.78, 5) is 0. The van der Waals surface area contributed by atoms with Crippen LogP contribution in [0.2, 0.25) is 0 Å². The average Bonchev–Trinajstić information content (AvgIpc) is 2.85. The number of methoxy groups -OCH3 is 1. The molecule has 1 fully saturated rings. The summed E-state index contributed by atoms with van der Waals surface area (Å²) in [6.45, 7) is 0. The molecule has 1 aliphatic carbocycles. The van der Waals surface area contributed by atoms with E-state index in [9.17, 15) is 5.11 Å². The van der Waals surface area contributed by atoms with Crippen molar-refractivity contribution in [1.29, 1.82) is 0 Å². The lowest BCUT2D eigenvalue weighted by Gasteiger charge is -2.21. The molecular formula is C13H19BrClNO2. The number of aromatic hydroxyl groups is 1. The van der Waals surface area contributed by atoms with Crippen LogP contribution in [0.3, 0.4) is 0 Å². The van der Waals surface area contributed by atoms with Gasteiger partial charge in [0.05, 0.1) is 11.6 Å². The lowest BCUT2D eigenvalue weighted by atomic mass is 9.92. The zero-order chi connectivity index (χ0) is 12.4. The van der Waals surface area contributed by atoms with E-state index in [0.717, 1.165) is 24.2 Å². The van der Waals surface area contributed by atoms with Crippen LogP contribution in [0.25, 0.3) is 0 Å². The molecule has 1 aromatic rings. The Bertz CT molecular complexity index is 408. The third-order valence-corrected chi connectivity index (χ3v) is 4.17. The van der Waals surface area contributed by atoms with Gasteiger partial charge in [0.1, 0.15) is 11.5 Å². The minimum Gasteiger partial charge on any atom is -0.506 e. The molecule has 3 N–H and O–H groups in total. The van der Waals surface area contributed by atoms with E-state index in [1.165, 1.54) is 12.8 Å². The van der Waals surface area contributed by atoms with Gasteiger partial charge in [0.2, 0.25) is 0 Å². The highest BCUT2D eigenvalue weighted by Gasteiger charge is 2.26. The van der Waals surface area contributed by atoms with Crippen molar-refractivity contribution < 1.29 is 9.84 Å². The molecule has 0 bridgehead atoms. The van der Waals surface area contributed by atoms with Crippen LogP contribution in [0.5, 0.6) is 11.5 Å². The largest absolute Gasteiger partial charge is 0.506 e. The van der Waals surface area contributed by atoms with Gasteiger partial charge in [-0.2, -0.15) is 0 Å². The molecule has 0 unspecified atom stereocenters. The van der Waals surface area contributed by atoms with Crippen molar-refractivity contribution in [1.82, 2.24) is 0 Å². The summed E-state index contributed by atoms with van der Waals surface area (Å²) >= 11 is 3.33. The van der Waals surface area contributed by atoms with Crippen LogP contribution in [-0.2, 0) is 0 Å². The monoisotopic (exact) mass is 335 g/mol. The van der Waals surface area contributed by atoms with Crippen LogP contribution in [0.4, 0.5) is 0 Å². The van der Waals surface area contributed by atoms with E-state index in [-0.39, 0.29) is 24.2 Å². The molecule has 18 heavy (non-hydrogen) atoms. The van der Waals surface area contributed by atoms with Crippen molar-refractivity contribution >= 4 is 28.3 Å². The van der Waals surface area contributed by atoms with E-state index in [1.807, 2.05) is 6.07 Å². The second-order valence-electron chi connectivity index (χ2n) is 4.62. The quantitative estimate of drug-likeness (QED) is 0.883. The molecule has 0 amide bonds. The van der Waals surface area contributed by atoms with Gasteiger partial charge in [-0.15, -0.1) is 12.4 Å². The summed E-state index contributed by atoms with van der Waals surface area (Å²) in [6, 6.07) is 3.48. The second kappa shape index (κ2) is 6.64. The van der Waals surface area contributed by atoms with E-state index in [4.69, 9.17) is 10.5 Å². The zero-order valence-corrected chi connectivity index (χ0v) is 12.8. The maximum absolute atomic E-state index is 10.1. The lowest BCUT2D eigenvalue weighted by molar-refractivity contribution is 0.394. The first-order chi connectivity index (χ1) is 8.13. The van der Waals surface area contributed by atoms with Gasteiger partial charge in [-0.05, 0) is 46.8 Å². The molecule has 0 saturated heterocycles. The van der Waals surface area contributed by atoms with Crippen molar-refractivity contribution in [3.05, 3.63) is 22.2 Å². The Hall–Kier alpha value is -0.450. The molecule has 0 aliphatic heterocycles. The number of hydrogen-bond donors (Lipinski definition) is 2. The van der Waals surface area contributed by atoms with Gasteiger partial charge in [0.25, 0.3) is 0 Å². The number of ether oxygens (including phenoxy) is 1. The Kier molecular flexibility index (Phi) is 5.76. The number of phenolic OH excluding ortho intramolecular Hbond substituents is 1. The molecule has 102 valence electrons. The fourth-order valence-electron chi connectivity index (χ4n) is 2.54. The minimum absolute atomic E-state index is 0. The first kappa shape index (κ1) is 15.6. The standard InChI is InChI=1S/C13H18BrNO2.ClH/c1-17-9-6-10(13(16)11(14)7-9)12(15)8-4-2-3-5-8;/h6-8,12,16H,2-5,15H2,1H3;1H/t12-;/m1./s1. The minimum atomic E-state index is -0.108. The Morgan fingerprint density at radius 2 is 2.00 bits per heavy atom. The Morgan fingerprint density at radius 1 is 1.39 bits per heavy atom. The normalized spacial score (nSPS) is 17.3. The van der Waals surface area contributed by atoms with E-state index < -0.39 is 0 Å². The summed E-state index contributed by atoms with van der Waals surface area (Å²) < 4.78 is 5.85. The van der Waals surface area contributed by atoms with Gasteiger partial charge < -0.3 is 15.6 Å². The van der Waals surface area contributed by atoms with Crippen LogP contribution in [0, 0.1) is 5.92 Å². The summed E-state index contributed by atoms with van der Waals surface area (Å²) in [5, 5.41) is 10.1. The number of nitrogens with two attached hydrogens (primary N) is 1. The van der Waals surface area contributed by atoms with E-state index in [2.05, 4.69) is 15.9 Å². The molecule has 5 heteroatoms. The van der Waals surface area contributed by atoms with Crippen LogP contribution in [0.15, 0.2) is 16.6 Å². The van der Waals surface area contributed by atoms with Gasteiger partial charge >= 0.3 is 0 Å². The number of hydrogen-bond acceptors (Lipinski definition) is 3. The molecule has 0 spiro atoms. The van der Waals surface area contributed by atoms with Gasteiger partial charge in [0, 0.05) is 11.6 Å². The van der Waals surface area contributed by atoms with Crippen LogP contribution in [-0.4, -0.2) is 12.2 Å². The Balaban J connectivity index is 0.00000162. The van der Waals surface area contributed by atoms with Crippen molar-refractivity contribution in [2.45, 2.75) is 31.7 Å². The topological polar surface area (TPSA) is 55.5 Å². The average molecular weight is 337 g/mol. The second-order valence-corrected chi connectivity index (χ2v) is 5.47. The van der Waals surface area contributed by atoms with Crippen LogP contribution in [0.1, 0.15) is 37.3 Å². The molecule has 1 saturated carbocycles. The smallest absolute Gasteiger partial charge is 0.134 e. The zero-order valence-electron chi connectivity index (χ0n) is 10.4. The van der Waals surface area contributed by atoms with E-state index >= 15 is 0 Å². The Morgan fingerprint density at radius 3 is 2.56 bits per heavy atom. The van der Waals surface area contributed by atoms with E-state index in [1.54, 1.807) is 13.2 Å². The maximum atomic E-state index is 10.1. The van der Waals surface area contributed by atoms with Crippen molar-refractivity contribution in [3.8, 4) is 11.5 Å². The number of phenols is 1. The summed E-state index contributed by atoms with van der Waals surface area (Å²) in [5.74, 6) is 1.43. The molecule has 0 heterocycles. The predicted octanol–water partition coefficient (Wildman–Crippen LogP) is 3.78. The molecule has 1 aromatic carbocycles. The first-order valence-corrected chi connectivity index (χ1v) is 6.74. The molecule has 1 atom stereocenters. The number of halogens is 2. The van der Waals surface area contributed by atoms with Gasteiger partial charge in [0.15, 0.2) is 0 Å². The van der Waals surface area contributed by atoms with Crippen molar-refractivity contribution in [2.24, 2.45) is 11.7 Å². The fraction of sp³-hybridized carbons (Fsp3) is 0.538. The lowest BCUT2D eigenvalue weighted by Crippen LogP contribution is -2.19. The van der Waals surface area contributed by atoms with Gasteiger partial charge in [-0.1, -0.05) is 12.8 Å². The molecule has 0 radical (unpaired) electrons. The molecular weight excluding hydrogens is 318 g/mol. The number of benzene rings is 1. The summed E-state index contributed by atoms with van der Waals surface area (Å²) in [7, 11) is 1.61. The molecule has 1 aliphatic rings. The maximum Gasteiger partial charge on any atom is 0.134 e. The van der Waals surface area contributed by atoms with Crippen LogP contribution < -0.4 is 10.5 Å². The molecule has 0 aromatic heterocycles. The highest BCUT2D eigenvalue weighted by molar-refractivity contribution is 9.10. The third kappa shape index (κ3) is 3.11. The van der Waals surface area contributed by atoms with Crippen LogP contribution >= 0.6 is 28.3 Å². The van der Waals surface area contributed by atoms with Gasteiger partial charge in [-0.25, -0.2) is 0 Å². The fourth-order valence-corrected chi connectivity index (χ4v) is 2.99. The Labute approximate surface area is 122 Å². The SMILES string of the molecule is COc1cc(Br)c(O)c([C@H](N)C2CCCC2)c1.Cl. The highest BCUT2D eigenvalue weighted by atomic mass is 79.9. The van der Waals surface area contributed by atoms with Crippen molar-refractivity contribution in [3.63, 3.8) is 0 Å². The third-order valence-electron chi connectivity index (χ3n) is 3.57. The highest BCUT2D eigenvalue weighted by Crippen LogP contribution is 2.41. The predicted molar refractivity (Wildman–Crippen MR) is 78.5 cm³/mol. The van der Waals surface area contributed by atoms with Crippen molar-refractivity contribution in [2.75, 3.05) is 7.11 Å². The summed E-state index contributed by atoms with van der Waals surface area (Å²) in [6.07, 6.45) is 4.78. The molecule has 3 nitrogen and oxygen atoms in total. The number of rotatable bonds is 3. The van der Waals surface area contributed by atoms with E-state index in [0.29, 0.717) is 10.4 Å². The molecule has 2 rings (SSSR count). The summed E-state index contributed by atoms with van der Waals surface area (Å²) in [5.41, 5.74) is 7.04.